The Hall–Kier alpha value is -2.27. The maximum absolute atomic E-state index is 5.73. The topological polar surface area (TPSA) is 69.6 Å². The molecule has 21 heavy (non-hydrogen) atoms. The molecule has 2 N–H and O–H groups in total. The summed E-state index contributed by atoms with van der Waals surface area (Å²) in [5, 5.41) is 0. The molecule has 5 nitrogen and oxygen atoms in total. The van der Waals surface area contributed by atoms with Gasteiger partial charge in [0.05, 0.1) is 17.2 Å². The number of hydrogen-bond donors (Lipinski definition) is 1. The molecule has 108 valence electrons. The van der Waals surface area contributed by atoms with Crippen LogP contribution in [-0.2, 0) is 12.1 Å². The summed E-state index contributed by atoms with van der Waals surface area (Å²) in [4.78, 5) is 13.3. The van der Waals surface area contributed by atoms with Gasteiger partial charge in [0.25, 0.3) is 0 Å². The summed E-state index contributed by atoms with van der Waals surface area (Å²) in [6, 6.07) is 6.17. The average molecular weight is 281 g/mol. The van der Waals surface area contributed by atoms with Gasteiger partial charge in [-0.2, -0.15) is 0 Å². The summed E-state index contributed by atoms with van der Waals surface area (Å²) in [6.07, 6.45) is 5.10. The molecule has 0 bridgehead atoms. The summed E-state index contributed by atoms with van der Waals surface area (Å²) >= 11 is 0. The number of fused-ring (bicyclic) bond motifs is 1. The number of imidazole rings is 1. The summed E-state index contributed by atoms with van der Waals surface area (Å²) in [5.74, 6) is 0.833. The second-order valence-electron chi connectivity index (χ2n) is 6.06. The van der Waals surface area contributed by atoms with Crippen molar-refractivity contribution in [2.45, 2.75) is 32.9 Å². The standard InChI is InChI=1S/C16H19N5/c1-16(2,3)21-14-5-4-11(9-17)8-12(14)20-15(21)13-10-18-6-7-19-13/h4-8,10H,9,17H2,1-3H3. The van der Waals surface area contributed by atoms with E-state index in [0.29, 0.717) is 6.54 Å². The molecule has 2 heterocycles. The van der Waals surface area contributed by atoms with Crippen molar-refractivity contribution in [2.24, 2.45) is 5.73 Å². The van der Waals surface area contributed by atoms with Gasteiger partial charge in [-0.05, 0) is 38.5 Å². The Bertz CT molecular complexity index is 768. The first-order valence-electron chi connectivity index (χ1n) is 6.99. The van der Waals surface area contributed by atoms with E-state index in [1.54, 1.807) is 18.6 Å². The first kappa shape index (κ1) is 13.7. The molecule has 3 aromatic rings. The molecule has 0 spiro atoms. The van der Waals surface area contributed by atoms with Crippen LogP contribution in [0, 0.1) is 0 Å². The molecule has 0 unspecified atom stereocenters. The smallest absolute Gasteiger partial charge is 0.161 e. The predicted octanol–water partition coefficient (Wildman–Crippen LogP) is 2.71. The van der Waals surface area contributed by atoms with Crippen LogP contribution in [0.15, 0.2) is 36.8 Å². The van der Waals surface area contributed by atoms with Crippen LogP contribution < -0.4 is 5.73 Å². The van der Waals surface area contributed by atoms with E-state index in [4.69, 9.17) is 10.7 Å². The molecule has 0 aliphatic carbocycles. The van der Waals surface area contributed by atoms with Crippen molar-refractivity contribution >= 4 is 11.0 Å². The Morgan fingerprint density at radius 2 is 2.00 bits per heavy atom. The van der Waals surface area contributed by atoms with E-state index in [-0.39, 0.29) is 5.54 Å². The Morgan fingerprint density at radius 1 is 1.19 bits per heavy atom. The van der Waals surface area contributed by atoms with Crippen LogP contribution in [0.3, 0.4) is 0 Å². The van der Waals surface area contributed by atoms with Gasteiger partial charge in [-0.3, -0.25) is 4.98 Å². The van der Waals surface area contributed by atoms with Crippen molar-refractivity contribution in [1.29, 1.82) is 0 Å². The van der Waals surface area contributed by atoms with Crippen molar-refractivity contribution in [3.8, 4) is 11.5 Å². The molecular weight excluding hydrogens is 262 g/mol. The fourth-order valence-electron chi connectivity index (χ4n) is 2.52. The third kappa shape index (κ3) is 2.40. The van der Waals surface area contributed by atoms with Crippen molar-refractivity contribution in [3.63, 3.8) is 0 Å². The monoisotopic (exact) mass is 281 g/mol. The van der Waals surface area contributed by atoms with E-state index in [2.05, 4.69) is 41.4 Å². The fourth-order valence-corrected chi connectivity index (χ4v) is 2.52. The van der Waals surface area contributed by atoms with E-state index in [1.165, 1.54) is 0 Å². The molecule has 0 radical (unpaired) electrons. The minimum absolute atomic E-state index is 0.105. The Morgan fingerprint density at radius 3 is 2.62 bits per heavy atom. The van der Waals surface area contributed by atoms with Crippen molar-refractivity contribution in [1.82, 2.24) is 19.5 Å². The van der Waals surface area contributed by atoms with Gasteiger partial charge >= 0.3 is 0 Å². The molecule has 5 heteroatoms. The van der Waals surface area contributed by atoms with Gasteiger partial charge < -0.3 is 10.3 Å². The number of nitrogens with two attached hydrogens (primary N) is 1. The molecule has 0 saturated heterocycles. The Kier molecular flexibility index (Phi) is 3.22. The minimum atomic E-state index is -0.105. The summed E-state index contributed by atoms with van der Waals surface area (Å²) in [6.45, 7) is 6.99. The largest absolute Gasteiger partial charge is 0.326 e. The molecular formula is C16H19N5. The predicted molar refractivity (Wildman–Crippen MR) is 83.6 cm³/mol. The second kappa shape index (κ2) is 4.93. The number of nitrogens with zero attached hydrogens (tertiary/aromatic N) is 4. The first-order chi connectivity index (χ1) is 10.0. The number of hydrogen-bond acceptors (Lipinski definition) is 4. The molecule has 0 aliphatic rings. The zero-order valence-corrected chi connectivity index (χ0v) is 12.5. The molecule has 0 atom stereocenters. The second-order valence-corrected chi connectivity index (χ2v) is 6.06. The van der Waals surface area contributed by atoms with Crippen molar-refractivity contribution in [3.05, 3.63) is 42.4 Å². The lowest BCUT2D eigenvalue weighted by Gasteiger charge is -2.24. The van der Waals surface area contributed by atoms with E-state index in [0.717, 1.165) is 28.1 Å². The summed E-state index contributed by atoms with van der Waals surface area (Å²) in [7, 11) is 0. The van der Waals surface area contributed by atoms with Gasteiger partial charge in [0.1, 0.15) is 5.69 Å². The van der Waals surface area contributed by atoms with E-state index in [9.17, 15) is 0 Å². The lowest BCUT2D eigenvalue weighted by atomic mass is 10.1. The highest BCUT2D eigenvalue weighted by atomic mass is 15.1. The highest BCUT2D eigenvalue weighted by Crippen LogP contribution is 2.30. The van der Waals surface area contributed by atoms with Crippen LogP contribution in [0.25, 0.3) is 22.6 Å². The van der Waals surface area contributed by atoms with Gasteiger partial charge in [-0.1, -0.05) is 6.07 Å². The van der Waals surface area contributed by atoms with Gasteiger partial charge in [-0.15, -0.1) is 0 Å². The Labute approximate surface area is 123 Å². The van der Waals surface area contributed by atoms with Gasteiger partial charge in [-0.25, -0.2) is 9.97 Å². The van der Waals surface area contributed by atoms with Crippen LogP contribution in [0.5, 0.6) is 0 Å². The average Bonchev–Trinajstić information content (AvgIpc) is 2.86. The zero-order valence-electron chi connectivity index (χ0n) is 12.5. The quantitative estimate of drug-likeness (QED) is 0.784. The first-order valence-corrected chi connectivity index (χ1v) is 6.99. The van der Waals surface area contributed by atoms with Crippen LogP contribution in [0.1, 0.15) is 26.3 Å². The van der Waals surface area contributed by atoms with Crippen LogP contribution in [0.2, 0.25) is 0 Å². The highest BCUT2D eigenvalue weighted by molar-refractivity contribution is 5.81. The molecule has 1 aromatic carbocycles. The fraction of sp³-hybridized carbons (Fsp3) is 0.312. The van der Waals surface area contributed by atoms with E-state index < -0.39 is 0 Å². The van der Waals surface area contributed by atoms with Crippen LogP contribution >= 0.6 is 0 Å². The number of benzene rings is 1. The van der Waals surface area contributed by atoms with E-state index >= 15 is 0 Å². The van der Waals surface area contributed by atoms with Gasteiger partial charge in [0, 0.05) is 24.5 Å². The number of rotatable bonds is 2. The van der Waals surface area contributed by atoms with Crippen molar-refractivity contribution < 1.29 is 0 Å². The van der Waals surface area contributed by atoms with Crippen LogP contribution in [0.4, 0.5) is 0 Å². The summed E-state index contributed by atoms with van der Waals surface area (Å²) < 4.78 is 2.20. The zero-order chi connectivity index (χ0) is 15.0. The molecule has 0 fully saturated rings. The Balaban J connectivity index is 2.33. The van der Waals surface area contributed by atoms with Gasteiger partial charge in [0.15, 0.2) is 5.82 Å². The van der Waals surface area contributed by atoms with Gasteiger partial charge in [0.2, 0.25) is 0 Å². The minimum Gasteiger partial charge on any atom is -0.326 e. The molecule has 0 aliphatic heterocycles. The molecule has 2 aromatic heterocycles. The maximum atomic E-state index is 5.73. The SMILES string of the molecule is CC(C)(C)n1c(-c2cnccn2)nc2cc(CN)ccc21. The van der Waals surface area contributed by atoms with E-state index in [1.807, 2.05) is 12.1 Å². The number of aromatic nitrogens is 4. The lowest BCUT2D eigenvalue weighted by Crippen LogP contribution is -2.22. The lowest BCUT2D eigenvalue weighted by molar-refractivity contribution is 0.412. The molecule has 3 rings (SSSR count). The van der Waals surface area contributed by atoms with Crippen molar-refractivity contribution in [2.75, 3.05) is 0 Å². The third-order valence-corrected chi connectivity index (χ3v) is 3.42. The highest BCUT2D eigenvalue weighted by Gasteiger charge is 2.23. The third-order valence-electron chi connectivity index (χ3n) is 3.42. The molecule has 0 saturated carbocycles. The molecule has 0 amide bonds. The summed E-state index contributed by atoms with van der Waals surface area (Å²) in [5.41, 5.74) is 9.49. The normalized spacial score (nSPS) is 12.0. The maximum Gasteiger partial charge on any atom is 0.161 e. The van der Waals surface area contributed by atoms with Crippen LogP contribution in [-0.4, -0.2) is 19.5 Å².